The first-order chi connectivity index (χ1) is 9.43. The number of sulfonamides is 1. The average Bonchev–Trinajstić information content (AvgIpc) is 2.86. The molecule has 1 aromatic heterocycles. The molecular weight excluding hydrogens is 282 g/mol. The van der Waals surface area contributed by atoms with Gasteiger partial charge in [-0.05, 0) is 31.3 Å². The van der Waals surface area contributed by atoms with Crippen molar-refractivity contribution in [3.8, 4) is 0 Å². The van der Waals surface area contributed by atoms with Crippen LogP contribution in [-0.2, 0) is 10.0 Å². The third-order valence-corrected chi connectivity index (χ3v) is 4.76. The van der Waals surface area contributed by atoms with Crippen molar-refractivity contribution in [2.24, 2.45) is 17.0 Å². The summed E-state index contributed by atoms with van der Waals surface area (Å²) in [6, 6.07) is 1.19. The fraction of sp³-hybridized carbons (Fsp3) is 0.583. The minimum absolute atomic E-state index is 0.0296. The van der Waals surface area contributed by atoms with Crippen LogP contribution in [0.1, 0.15) is 17.0 Å². The van der Waals surface area contributed by atoms with Gasteiger partial charge >= 0.3 is 0 Å². The topological polar surface area (TPSA) is 106 Å². The van der Waals surface area contributed by atoms with Gasteiger partial charge in [0, 0.05) is 19.2 Å². The second-order valence-electron chi connectivity index (χ2n) is 5.53. The second-order valence-corrected chi connectivity index (χ2v) is 7.09. The fourth-order valence-corrected chi connectivity index (χ4v) is 3.46. The highest BCUT2D eigenvalue weighted by Gasteiger charge is 2.34. The maximum absolute atomic E-state index is 12.3. The molecule has 2 atom stereocenters. The van der Waals surface area contributed by atoms with Gasteiger partial charge in [0.1, 0.15) is 11.2 Å². The standard InChI is InChI=1S/C12H17N3O4S/c13-20(17,18)10-2-11(19-7-10)12(16)15-5-8-1-9(6-15)4-14-3-8/h2,7-9,14H,1,3-6H2,(H2,13,17,18). The Labute approximate surface area is 117 Å². The summed E-state index contributed by atoms with van der Waals surface area (Å²) in [5.74, 6) is 0.678. The molecule has 2 unspecified atom stereocenters. The first-order valence-electron chi connectivity index (χ1n) is 6.55. The van der Waals surface area contributed by atoms with Crippen LogP contribution < -0.4 is 10.5 Å². The minimum atomic E-state index is -3.84. The maximum atomic E-state index is 12.3. The van der Waals surface area contributed by atoms with E-state index in [1.807, 2.05) is 0 Å². The Morgan fingerprint density at radius 1 is 1.35 bits per heavy atom. The largest absolute Gasteiger partial charge is 0.458 e. The molecule has 2 aliphatic rings. The van der Waals surface area contributed by atoms with E-state index in [1.165, 1.54) is 6.07 Å². The van der Waals surface area contributed by atoms with Gasteiger partial charge in [-0.25, -0.2) is 13.6 Å². The molecule has 3 N–H and O–H groups in total. The Hall–Kier alpha value is -1.38. The third-order valence-electron chi connectivity index (χ3n) is 3.89. The van der Waals surface area contributed by atoms with Gasteiger partial charge in [-0.15, -0.1) is 0 Å². The summed E-state index contributed by atoms with van der Waals surface area (Å²) in [4.78, 5) is 13.9. The molecular formula is C12H17N3O4S. The number of fused-ring (bicyclic) bond motifs is 2. The molecule has 20 heavy (non-hydrogen) atoms. The quantitative estimate of drug-likeness (QED) is 0.773. The smallest absolute Gasteiger partial charge is 0.289 e. The molecule has 0 saturated carbocycles. The van der Waals surface area contributed by atoms with E-state index < -0.39 is 10.0 Å². The number of hydrogen-bond donors (Lipinski definition) is 2. The molecule has 0 aliphatic carbocycles. The van der Waals surface area contributed by atoms with Crippen LogP contribution in [0.5, 0.6) is 0 Å². The van der Waals surface area contributed by atoms with Gasteiger partial charge < -0.3 is 14.6 Å². The predicted molar refractivity (Wildman–Crippen MR) is 70.5 cm³/mol. The Bertz CT molecular complexity index is 612. The predicted octanol–water partition coefficient (Wildman–Crippen LogP) is -0.391. The van der Waals surface area contributed by atoms with Crippen LogP contribution in [0.25, 0.3) is 0 Å². The van der Waals surface area contributed by atoms with Crippen molar-refractivity contribution >= 4 is 15.9 Å². The lowest BCUT2D eigenvalue weighted by Gasteiger charge is -2.41. The lowest BCUT2D eigenvalue weighted by molar-refractivity contribution is 0.0508. The zero-order chi connectivity index (χ0) is 14.3. The molecule has 2 aliphatic heterocycles. The molecule has 0 spiro atoms. The number of nitrogens with two attached hydrogens (primary N) is 1. The fourth-order valence-electron chi connectivity index (χ4n) is 3.01. The Morgan fingerprint density at radius 3 is 2.55 bits per heavy atom. The molecule has 3 heterocycles. The summed E-state index contributed by atoms with van der Waals surface area (Å²) in [6.45, 7) is 3.18. The zero-order valence-corrected chi connectivity index (χ0v) is 11.7. The van der Waals surface area contributed by atoms with Gasteiger partial charge in [0.25, 0.3) is 5.91 Å². The van der Waals surface area contributed by atoms with Crippen molar-refractivity contribution in [1.82, 2.24) is 10.2 Å². The number of carbonyl (C=O) groups excluding carboxylic acids is 1. The molecule has 0 aromatic carbocycles. The highest BCUT2D eigenvalue weighted by molar-refractivity contribution is 7.89. The Kier molecular flexibility index (Phi) is 3.31. The van der Waals surface area contributed by atoms with Crippen LogP contribution in [0.2, 0.25) is 0 Å². The molecule has 1 aromatic rings. The van der Waals surface area contributed by atoms with Crippen LogP contribution in [0.3, 0.4) is 0 Å². The first-order valence-corrected chi connectivity index (χ1v) is 8.09. The van der Waals surface area contributed by atoms with Gasteiger partial charge in [0.05, 0.1) is 0 Å². The van der Waals surface area contributed by atoms with Crippen LogP contribution in [0.4, 0.5) is 0 Å². The number of hydrogen-bond acceptors (Lipinski definition) is 5. The highest BCUT2D eigenvalue weighted by Crippen LogP contribution is 2.26. The number of carbonyl (C=O) groups is 1. The monoisotopic (exact) mass is 299 g/mol. The Balaban J connectivity index is 1.77. The van der Waals surface area contributed by atoms with E-state index >= 15 is 0 Å². The van der Waals surface area contributed by atoms with Crippen molar-refractivity contribution in [1.29, 1.82) is 0 Å². The lowest BCUT2D eigenvalue weighted by Crippen LogP contribution is -2.52. The summed E-state index contributed by atoms with van der Waals surface area (Å²) < 4.78 is 27.4. The minimum Gasteiger partial charge on any atom is -0.458 e. The van der Waals surface area contributed by atoms with E-state index in [9.17, 15) is 13.2 Å². The van der Waals surface area contributed by atoms with Gasteiger partial charge in [0.15, 0.2) is 5.76 Å². The van der Waals surface area contributed by atoms with E-state index in [1.54, 1.807) is 4.90 Å². The summed E-state index contributed by atoms with van der Waals surface area (Å²) >= 11 is 0. The van der Waals surface area contributed by atoms with Gasteiger partial charge in [-0.3, -0.25) is 4.79 Å². The van der Waals surface area contributed by atoms with Crippen molar-refractivity contribution in [2.75, 3.05) is 26.2 Å². The summed E-state index contributed by atoms with van der Waals surface area (Å²) in [5.41, 5.74) is 0. The number of primary sulfonamides is 1. The number of amides is 1. The number of nitrogens with zero attached hydrogens (tertiary/aromatic N) is 1. The molecule has 0 radical (unpaired) electrons. The maximum Gasteiger partial charge on any atom is 0.289 e. The molecule has 2 saturated heterocycles. The molecule has 3 rings (SSSR count). The van der Waals surface area contributed by atoms with E-state index in [-0.39, 0.29) is 16.6 Å². The molecule has 110 valence electrons. The van der Waals surface area contributed by atoms with Crippen molar-refractivity contribution in [2.45, 2.75) is 11.3 Å². The average molecular weight is 299 g/mol. The number of rotatable bonds is 2. The number of piperidine rings is 2. The molecule has 8 heteroatoms. The number of likely N-dealkylation sites (tertiary alicyclic amines) is 1. The zero-order valence-electron chi connectivity index (χ0n) is 10.9. The second kappa shape index (κ2) is 4.87. The van der Waals surface area contributed by atoms with E-state index in [4.69, 9.17) is 9.56 Å². The normalized spacial score (nSPS) is 26.6. The Morgan fingerprint density at radius 2 is 2.00 bits per heavy atom. The highest BCUT2D eigenvalue weighted by atomic mass is 32.2. The van der Waals surface area contributed by atoms with Crippen LogP contribution in [0, 0.1) is 11.8 Å². The number of nitrogens with one attached hydrogen (secondary N) is 1. The van der Waals surface area contributed by atoms with Crippen LogP contribution in [-0.4, -0.2) is 45.4 Å². The van der Waals surface area contributed by atoms with Gasteiger partial charge in [0.2, 0.25) is 10.0 Å². The summed E-state index contributed by atoms with van der Waals surface area (Å²) in [5, 5.41) is 8.36. The summed E-state index contributed by atoms with van der Waals surface area (Å²) in [7, 11) is -3.84. The van der Waals surface area contributed by atoms with E-state index in [0.29, 0.717) is 24.9 Å². The van der Waals surface area contributed by atoms with E-state index in [0.717, 1.165) is 25.8 Å². The van der Waals surface area contributed by atoms with E-state index in [2.05, 4.69) is 5.32 Å². The van der Waals surface area contributed by atoms with Crippen molar-refractivity contribution in [3.63, 3.8) is 0 Å². The SMILES string of the molecule is NS(=O)(=O)c1coc(C(=O)N2CC3CNCC(C3)C2)c1. The molecule has 2 fully saturated rings. The first kappa shape index (κ1) is 13.6. The van der Waals surface area contributed by atoms with Crippen LogP contribution >= 0.6 is 0 Å². The number of furan rings is 1. The van der Waals surface area contributed by atoms with Gasteiger partial charge in [-0.2, -0.15) is 0 Å². The molecule has 1 amide bonds. The third kappa shape index (κ3) is 2.58. The molecule has 7 nitrogen and oxygen atoms in total. The lowest BCUT2D eigenvalue weighted by atomic mass is 9.86. The van der Waals surface area contributed by atoms with Crippen molar-refractivity contribution < 1.29 is 17.6 Å². The van der Waals surface area contributed by atoms with Crippen LogP contribution in [0.15, 0.2) is 21.6 Å². The van der Waals surface area contributed by atoms with Crippen molar-refractivity contribution in [3.05, 3.63) is 18.1 Å². The molecule has 2 bridgehead atoms. The van der Waals surface area contributed by atoms with Gasteiger partial charge in [-0.1, -0.05) is 0 Å². The summed E-state index contributed by atoms with van der Waals surface area (Å²) in [6.07, 6.45) is 2.15.